The second-order valence-corrected chi connectivity index (χ2v) is 5.56. The molecule has 8 heteroatoms. The van der Waals surface area contributed by atoms with Crippen molar-refractivity contribution in [3.8, 4) is 5.69 Å². The van der Waals surface area contributed by atoms with E-state index in [1.54, 1.807) is 4.68 Å². The van der Waals surface area contributed by atoms with Crippen LogP contribution in [-0.2, 0) is 11.3 Å². The Kier molecular flexibility index (Phi) is 6.50. The van der Waals surface area contributed by atoms with Crippen LogP contribution in [0.1, 0.15) is 18.2 Å². The molecule has 0 radical (unpaired) electrons. The van der Waals surface area contributed by atoms with Crippen molar-refractivity contribution in [2.75, 3.05) is 13.2 Å². The minimum absolute atomic E-state index is 0.0663. The standard InChI is InChI=1S/C17H22FN5O2/c1-12-7-10-23(22-12)15-6-4-3-5-14(15)11-20-17(25)21-13(2)16(24)19-9-8-18/h3-7,10,13H,8-9,11H2,1-2H3,(H,19,24)(H2,20,21,25)/t13-/m1/s1. The summed E-state index contributed by atoms with van der Waals surface area (Å²) in [5.74, 6) is -0.430. The predicted molar refractivity (Wildman–Crippen MR) is 92.1 cm³/mol. The third-order valence-corrected chi connectivity index (χ3v) is 3.53. The van der Waals surface area contributed by atoms with E-state index in [2.05, 4.69) is 21.0 Å². The number of hydrogen-bond acceptors (Lipinski definition) is 3. The highest BCUT2D eigenvalue weighted by atomic mass is 19.1. The van der Waals surface area contributed by atoms with Gasteiger partial charge in [0, 0.05) is 19.3 Å². The van der Waals surface area contributed by atoms with Crippen molar-refractivity contribution in [3.63, 3.8) is 0 Å². The zero-order valence-corrected chi connectivity index (χ0v) is 14.3. The topological polar surface area (TPSA) is 88.0 Å². The maximum Gasteiger partial charge on any atom is 0.315 e. The van der Waals surface area contributed by atoms with Crippen LogP contribution in [-0.4, -0.2) is 41.0 Å². The molecule has 7 nitrogen and oxygen atoms in total. The molecule has 134 valence electrons. The zero-order valence-electron chi connectivity index (χ0n) is 14.3. The Morgan fingerprint density at radius 3 is 2.68 bits per heavy atom. The number of amides is 3. The fourth-order valence-electron chi connectivity index (χ4n) is 2.25. The highest BCUT2D eigenvalue weighted by molar-refractivity contribution is 5.86. The zero-order chi connectivity index (χ0) is 18.2. The van der Waals surface area contributed by atoms with Crippen LogP contribution in [0.15, 0.2) is 36.5 Å². The number of para-hydroxylation sites is 1. The number of halogens is 1. The van der Waals surface area contributed by atoms with Crippen LogP contribution in [0.5, 0.6) is 0 Å². The molecular weight excluding hydrogens is 325 g/mol. The van der Waals surface area contributed by atoms with Gasteiger partial charge in [-0.25, -0.2) is 13.9 Å². The van der Waals surface area contributed by atoms with E-state index in [-0.39, 0.29) is 13.1 Å². The Morgan fingerprint density at radius 2 is 2.00 bits per heavy atom. The molecule has 0 unspecified atom stereocenters. The Hall–Kier alpha value is -2.90. The van der Waals surface area contributed by atoms with E-state index in [1.165, 1.54) is 6.92 Å². The second-order valence-electron chi connectivity index (χ2n) is 5.56. The van der Waals surface area contributed by atoms with Crippen LogP contribution < -0.4 is 16.0 Å². The SMILES string of the molecule is Cc1ccn(-c2ccccc2CNC(=O)N[C@H](C)C(=O)NCCF)n1. The number of carbonyl (C=O) groups is 2. The van der Waals surface area contributed by atoms with Gasteiger partial charge in [0.15, 0.2) is 0 Å². The molecule has 0 saturated carbocycles. The quantitative estimate of drug-likeness (QED) is 0.708. The second kappa shape index (κ2) is 8.81. The molecule has 1 atom stereocenters. The Morgan fingerprint density at radius 1 is 1.24 bits per heavy atom. The molecule has 0 saturated heterocycles. The number of alkyl halides is 1. The fraction of sp³-hybridized carbons (Fsp3) is 0.353. The maximum absolute atomic E-state index is 12.0. The normalized spacial score (nSPS) is 11.6. The van der Waals surface area contributed by atoms with Crippen LogP contribution in [0.3, 0.4) is 0 Å². The van der Waals surface area contributed by atoms with E-state index in [0.29, 0.717) is 0 Å². The monoisotopic (exact) mass is 347 g/mol. The maximum atomic E-state index is 12.0. The molecule has 3 N–H and O–H groups in total. The van der Waals surface area contributed by atoms with Gasteiger partial charge in [-0.15, -0.1) is 0 Å². The van der Waals surface area contributed by atoms with Gasteiger partial charge < -0.3 is 16.0 Å². The van der Waals surface area contributed by atoms with Crippen molar-refractivity contribution in [2.24, 2.45) is 0 Å². The summed E-state index contributed by atoms with van der Waals surface area (Å²) < 4.78 is 13.8. The molecule has 0 aliphatic heterocycles. The van der Waals surface area contributed by atoms with Gasteiger partial charge in [-0.3, -0.25) is 4.79 Å². The Balaban J connectivity index is 1.93. The van der Waals surface area contributed by atoms with Crippen LogP contribution >= 0.6 is 0 Å². The van der Waals surface area contributed by atoms with Crippen LogP contribution in [0, 0.1) is 6.92 Å². The highest BCUT2D eigenvalue weighted by Gasteiger charge is 2.15. The van der Waals surface area contributed by atoms with Crippen molar-refractivity contribution in [1.29, 1.82) is 0 Å². The molecule has 3 amide bonds. The fourth-order valence-corrected chi connectivity index (χ4v) is 2.25. The molecule has 1 aromatic carbocycles. The summed E-state index contributed by atoms with van der Waals surface area (Å²) in [6, 6.07) is 8.24. The van der Waals surface area contributed by atoms with Crippen molar-refractivity contribution in [3.05, 3.63) is 47.8 Å². The van der Waals surface area contributed by atoms with Crippen molar-refractivity contribution < 1.29 is 14.0 Å². The summed E-state index contributed by atoms with van der Waals surface area (Å²) in [6.07, 6.45) is 1.85. The van der Waals surface area contributed by atoms with Gasteiger partial charge >= 0.3 is 6.03 Å². The molecule has 0 bridgehead atoms. The summed E-state index contributed by atoms with van der Waals surface area (Å²) in [7, 11) is 0. The summed E-state index contributed by atoms with van der Waals surface area (Å²) in [5, 5.41) is 12.0. The Bertz CT molecular complexity index is 731. The van der Waals surface area contributed by atoms with Gasteiger partial charge in [-0.05, 0) is 31.5 Å². The molecule has 1 aromatic heterocycles. The number of hydrogen-bond donors (Lipinski definition) is 3. The predicted octanol–water partition coefficient (Wildman–Crippen LogP) is 1.45. The molecule has 2 aromatic rings. The Labute approximate surface area is 145 Å². The molecule has 1 heterocycles. The van der Waals surface area contributed by atoms with Gasteiger partial charge in [0.05, 0.1) is 11.4 Å². The molecule has 0 aliphatic carbocycles. The first kappa shape index (κ1) is 18.4. The summed E-state index contributed by atoms with van der Waals surface area (Å²) >= 11 is 0. The number of rotatable bonds is 7. The smallest absolute Gasteiger partial charge is 0.315 e. The summed E-state index contributed by atoms with van der Waals surface area (Å²) in [6.45, 7) is 3.00. The van der Waals surface area contributed by atoms with Crippen molar-refractivity contribution >= 4 is 11.9 Å². The molecule has 0 fully saturated rings. The number of nitrogens with one attached hydrogen (secondary N) is 3. The third-order valence-electron chi connectivity index (χ3n) is 3.53. The largest absolute Gasteiger partial charge is 0.352 e. The van der Waals surface area contributed by atoms with Crippen molar-refractivity contribution in [1.82, 2.24) is 25.7 Å². The minimum atomic E-state index is -0.754. The first-order valence-electron chi connectivity index (χ1n) is 8.00. The van der Waals surface area contributed by atoms with E-state index in [1.807, 2.05) is 43.5 Å². The van der Waals surface area contributed by atoms with Gasteiger partial charge in [0.1, 0.15) is 12.7 Å². The van der Waals surface area contributed by atoms with Crippen LogP contribution in [0.4, 0.5) is 9.18 Å². The minimum Gasteiger partial charge on any atom is -0.352 e. The highest BCUT2D eigenvalue weighted by Crippen LogP contribution is 2.13. The van der Waals surface area contributed by atoms with Gasteiger partial charge in [0.25, 0.3) is 0 Å². The van der Waals surface area contributed by atoms with Gasteiger partial charge in [-0.2, -0.15) is 5.10 Å². The van der Waals surface area contributed by atoms with E-state index < -0.39 is 24.7 Å². The lowest BCUT2D eigenvalue weighted by Gasteiger charge is -2.15. The third kappa shape index (κ3) is 5.30. The molecular formula is C17H22FN5O2. The first-order valence-corrected chi connectivity index (χ1v) is 8.00. The van der Waals surface area contributed by atoms with E-state index in [0.717, 1.165) is 16.9 Å². The number of benzene rings is 1. The lowest BCUT2D eigenvalue weighted by Crippen LogP contribution is -2.48. The number of aromatic nitrogens is 2. The van der Waals surface area contributed by atoms with E-state index in [9.17, 15) is 14.0 Å². The lowest BCUT2D eigenvalue weighted by molar-refractivity contribution is -0.122. The number of nitrogens with zero attached hydrogens (tertiary/aromatic N) is 2. The van der Waals surface area contributed by atoms with Crippen LogP contribution in [0.2, 0.25) is 0 Å². The lowest BCUT2D eigenvalue weighted by atomic mass is 10.2. The summed E-state index contributed by atoms with van der Waals surface area (Å²) in [5.41, 5.74) is 2.65. The average Bonchev–Trinajstić information content (AvgIpc) is 3.04. The molecule has 2 rings (SSSR count). The molecule has 0 aliphatic rings. The summed E-state index contributed by atoms with van der Waals surface area (Å²) in [4.78, 5) is 23.6. The van der Waals surface area contributed by atoms with Gasteiger partial charge in [0.2, 0.25) is 5.91 Å². The number of carbonyl (C=O) groups excluding carboxylic acids is 2. The van der Waals surface area contributed by atoms with Crippen LogP contribution in [0.25, 0.3) is 5.69 Å². The number of urea groups is 1. The van der Waals surface area contributed by atoms with Crippen molar-refractivity contribution in [2.45, 2.75) is 26.4 Å². The van der Waals surface area contributed by atoms with Gasteiger partial charge in [-0.1, -0.05) is 18.2 Å². The number of aryl methyl sites for hydroxylation is 1. The van der Waals surface area contributed by atoms with E-state index in [4.69, 9.17) is 0 Å². The first-order chi connectivity index (χ1) is 12.0. The average molecular weight is 347 g/mol. The van der Waals surface area contributed by atoms with E-state index >= 15 is 0 Å². The molecule has 0 spiro atoms. The molecule has 25 heavy (non-hydrogen) atoms.